The number of hydrogen-bond donors (Lipinski definition) is 3. The van der Waals surface area contributed by atoms with E-state index in [1.165, 1.54) is 0 Å². The second-order valence-electron chi connectivity index (χ2n) is 6.64. The van der Waals surface area contributed by atoms with E-state index >= 15 is 0 Å². The molecule has 0 saturated heterocycles. The zero-order chi connectivity index (χ0) is 18.7. The summed E-state index contributed by atoms with van der Waals surface area (Å²) in [7, 11) is 0. The second kappa shape index (κ2) is 5.68. The third kappa shape index (κ3) is 2.60. The molecule has 27 heavy (non-hydrogen) atoms. The van der Waals surface area contributed by atoms with Crippen molar-refractivity contribution in [2.24, 2.45) is 5.92 Å². The molecular formula is C18H14ClFN6O. The van der Waals surface area contributed by atoms with Crippen molar-refractivity contribution in [1.82, 2.24) is 19.6 Å². The molecule has 0 aliphatic heterocycles. The number of halogens is 2. The topological polar surface area (TPSA) is 101 Å². The SMILES string of the molecule is Nc1cc2[nH]ncc2c(-c2ccc3nc(NC(=O)[C@@H]4C[C@@H]4F)cn3c2)c1Cl. The van der Waals surface area contributed by atoms with Crippen molar-refractivity contribution in [3.63, 3.8) is 0 Å². The van der Waals surface area contributed by atoms with Crippen LogP contribution in [0.4, 0.5) is 15.9 Å². The van der Waals surface area contributed by atoms with Crippen molar-refractivity contribution in [1.29, 1.82) is 0 Å². The molecule has 3 aromatic heterocycles. The molecular weight excluding hydrogens is 371 g/mol. The number of nitrogens with one attached hydrogen (secondary N) is 2. The number of H-pyrrole nitrogens is 1. The van der Waals surface area contributed by atoms with Crippen molar-refractivity contribution in [3.05, 3.63) is 41.8 Å². The molecule has 136 valence electrons. The number of benzene rings is 1. The molecule has 0 spiro atoms. The predicted octanol–water partition coefficient (Wildman–Crippen LogP) is 3.41. The first kappa shape index (κ1) is 16.1. The number of aromatic amines is 1. The van der Waals surface area contributed by atoms with Crippen LogP contribution < -0.4 is 11.1 Å². The Kier molecular flexibility index (Phi) is 3.38. The number of hydrogen-bond acceptors (Lipinski definition) is 4. The maximum Gasteiger partial charge on any atom is 0.231 e. The Morgan fingerprint density at radius 3 is 3.00 bits per heavy atom. The summed E-state index contributed by atoms with van der Waals surface area (Å²) in [5.74, 6) is -0.528. The fraction of sp³-hybridized carbons (Fsp3) is 0.167. The van der Waals surface area contributed by atoms with Crippen molar-refractivity contribution in [2.45, 2.75) is 12.6 Å². The molecule has 1 fully saturated rings. The van der Waals surface area contributed by atoms with E-state index in [-0.39, 0.29) is 12.3 Å². The Morgan fingerprint density at radius 2 is 2.22 bits per heavy atom. The van der Waals surface area contributed by atoms with Gasteiger partial charge in [-0.1, -0.05) is 11.6 Å². The molecule has 3 heterocycles. The summed E-state index contributed by atoms with van der Waals surface area (Å²) in [4.78, 5) is 16.3. The zero-order valence-corrected chi connectivity index (χ0v) is 14.7. The average Bonchev–Trinajstić information content (AvgIpc) is 3.02. The molecule has 0 radical (unpaired) electrons. The van der Waals surface area contributed by atoms with Crippen LogP contribution >= 0.6 is 11.6 Å². The highest BCUT2D eigenvalue weighted by molar-refractivity contribution is 6.37. The van der Waals surface area contributed by atoms with Gasteiger partial charge in [0, 0.05) is 22.7 Å². The van der Waals surface area contributed by atoms with Crippen molar-refractivity contribution < 1.29 is 9.18 Å². The van der Waals surface area contributed by atoms with E-state index in [0.717, 1.165) is 22.0 Å². The molecule has 2 atom stereocenters. The van der Waals surface area contributed by atoms with Gasteiger partial charge in [0.25, 0.3) is 0 Å². The van der Waals surface area contributed by atoms with Crippen LogP contribution in [0.1, 0.15) is 6.42 Å². The summed E-state index contributed by atoms with van der Waals surface area (Å²) >= 11 is 6.46. The monoisotopic (exact) mass is 384 g/mol. The molecule has 0 bridgehead atoms. The standard InChI is InChI=1S/C18H14ClFN6O/c19-17-12(21)4-13-10(5-22-25-13)16(17)8-1-2-15-23-14(7-26(15)6-8)24-18(27)9-3-11(9)20/h1-2,4-7,9,11H,3,21H2,(H,22,25)(H,24,27)/t9-,11+/m1/s1. The van der Waals surface area contributed by atoms with E-state index in [4.69, 9.17) is 17.3 Å². The minimum Gasteiger partial charge on any atom is -0.397 e. The van der Waals surface area contributed by atoms with Gasteiger partial charge in [-0.3, -0.25) is 9.89 Å². The van der Waals surface area contributed by atoms with Gasteiger partial charge in [-0.05, 0) is 24.6 Å². The number of carbonyl (C=O) groups excluding carboxylic acids is 1. The van der Waals surface area contributed by atoms with Crippen LogP contribution in [-0.4, -0.2) is 31.7 Å². The van der Waals surface area contributed by atoms with E-state index in [9.17, 15) is 9.18 Å². The number of nitrogen functional groups attached to an aromatic ring is 1. The Labute approximate surface area is 157 Å². The summed E-state index contributed by atoms with van der Waals surface area (Å²) in [6.45, 7) is 0. The van der Waals surface area contributed by atoms with Crippen LogP contribution in [0, 0.1) is 5.92 Å². The van der Waals surface area contributed by atoms with Gasteiger partial charge in [0.15, 0.2) is 5.82 Å². The molecule has 4 aromatic rings. The maximum absolute atomic E-state index is 13.0. The number of amides is 1. The highest BCUT2D eigenvalue weighted by atomic mass is 35.5. The normalized spacial score (nSPS) is 18.9. The quantitative estimate of drug-likeness (QED) is 0.471. The third-order valence-electron chi connectivity index (χ3n) is 4.75. The second-order valence-corrected chi connectivity index (χ2v) is 7.02. The number of aromatic nitrogens is 4. The van der Waals surface area contributed by atoms with Gasteiger partial charge in [-0.2, -0.15) is 5.10 Å². The summed E-state index contributed by atoms with van der Waals surface area (Å²) in [5.41, 5.74) is 9.50. The number of carbonyl (C=O) groups is 1. The third-order valence-corrected chi connectivity index (χ3v) is 5.16. The van der Waals surface area contributed by atoms with E-state index in [2.05, 4.69) is 20.5 Å². The molecule has 1 aliphatic rings. The molecule has 7 nitrogen and oxygen atoms in total. The van der Waals surface area contributed by atoms with Crippen molar-refractivity contribution >= 4 is 45.6 Å². The van der Waals surface area contributed by atoms with E-state index in [0.29, 0.717) is 22.2 Å². The number of nitrogens with two attached hydrogens (primary N) is 1. The van der Waals surface area contributed by atoms with Crippen LogP contribution in [-0.2, 0) is 4.79 Å². The highest BCUT2D eigenvalue weighted by Gasteiger charge is 2.43. The molecule has 1 saturated carbocycles. The lowest BCUT2D eigenvalue weighted by molar-refractivity contribution is -0.117. The first-order chi connectivity index (χ1) is 13.0. The summed E-state index contributed by atoms with van der Waals surface area (Å²) < 4.78 is 14.8. The average molecular weight is 385 g/mol. The zero-order valence-electron chi connectivity index (χ0n) is 13.9. The Hall–Kier alpha value is -3.13. The minimum absolute atomic E-state index is 0.276. The van der Waals surface area contributed by atoms with Crippen LogP contribution in [0.3, 0.4) is 0 Å². The van der Waals surface area contributed by atoms with Gasteiger partial charge in [0.1, 0.15) is 11.8 Å². The van der Waals surface area contributed by atoms with Gasteiger partial charge in [0.2, 0.25) is 5.91 Å². The molecule has 1 amide bonds. The number of rotatable bonds is 3. The largest absolute Gasteiger partial charge is 0.397 e. The van der Waals surface area contributed by atoms with Gasteiger partial charge in [-0.15, -0.1) is 0 Å². The number of imidazole rings is 1. The van der Waals surface area contributed by atoms with Crippen LogP contribution in [0.5, 0.6) is 0 Å². The molecule has 1 aromatic carbocycles. The number of pyridine rings is 1. The molecule has 1 aliphatic carbocycles. The van der Waals surface area contributed by atoms with E-state index < -0.39 is 12.1 Å². The van der Waals surface area contributed by atoms with E-state index in [1.54, 1.807) is 22.9 Å². The van der Waals surface area contributed by atoms with Gasteiger partial charge in [0.05, 0.1) is 34.5 Å². The minimum atomic E-state index is -1.04. The Bertz CT molecular complexity index is 1220. The van der Waals surface area contributed by atoms with Gasteiger partial charge >= 0.3 is 0 Å². The van der Waals surface area contributed by atoms with Crippen molar-refractivity contribution in [3.8, 4) is 11.1 Å². The van der Waals surface area contributed by atoms with Gasteiger partial charge in [-0.25, -0.2) is 9.37 Å². The number of nitrogens with zero attached hydrogens (tertiary/aromatic N) is 3. The molecule has 9 heteroatoms. The van der Waals surface area contributed by atoms with Gasteiger partial charge < -0.3 is 15.5 Å². The summed E-state index contributed by atoms with van der Waals surface area (Å²) in [5, 5.41) is 10.9. The fourth-order valence-electron chi connectivity index (χ4n) is 3.22. The van der Waals surface area contributed by atoms with Crippen LogP contribution in [0.15, 0.2) is 36.8 Å². The first-order valence-electron chi connectivity index (χ1n) is 8.36. The fourth-order valence-corrected chi connectivity index (χ4v) is 3.49. The molecule has 5 rings (SSSR count). The molecule has 4 N–H and O–H groups in total. The number of alkyl halides is 1. The van der Waals surface area contributed by atoms with Crippen molar-refractivity contribution in [2.75, 3.05) is 11.1 Å². The predicted molar refractivity (Wildman–Crippen MR) is 101 cm³/mol. The maximum atomic E-state index is 13.0. The van der Waals surface area contributed by atoms with Crippen LogP contribution in [0.25, 0.3) is 27.7 Å². The van der Waals surface area contributed by atoms with Crippen LogP contribution in [0.2, 0.25) is 5.02 Å². The Balaban J connectivity index is 1.56. The summed E-state index contributed by atoms with van der Waals surface area (Å²) in [6.07, 6.45) is 4.46. The summed E-state index contributed by atoms with van der Waals surface area (Å²) in [6, 6.07) is 5.43. The highest BCUT2D eigenvalue weighted by Crippen LogP contribution is 2.39. The molecule has 0 unspecified atom stereocenters. The first-order valence-corrected chi connectivity index (χ1v) is 8.74. The van der Waals surface area contributed by atoms with E-state index in [1.807, 2.05) is 18.3 Å². The lowest BCUT2D eigenvalue weighted by atomic mass is 10.0. The lowest BCUT2D eigenvalue weighted by Gasteiger charge is -2.09. The Morgan fingerprint density at radius 1 is 1.41 bits per heavy atom. The number of anilines is 2. The number of fused-ring (bicyclic) bond motifs is 2. The smallest absolute Gasteiger partial charge is 0.231 e. The lowest BCUT2D eigenvalue weighted by Crippen LogP contribution is -2.15.